The molecule has 1 aliphatic rings. The number of hydrazone groups is 1. The minimum atomic E-state index is -0.0813. The molecule has 3 aromatic rings. The fourth-order valence-electron chi connectivity index (χ4n) is 3.56. The van der Waals surface area contributed by atoms with Crippen molar-refractivity contribution in [2.45, 2.75) is 26.3 Å². The van der Waals surface area contributed by atoms with Crippen LogP contribution in [-0.4, -0.2) is 40.8 Å². The predicted octanol–water partition coefficient (Wildman–Crippen LogP) is 3.44. The molecule has 2 aromatic carbocycles. The van der Waals surface area contributed by atoms with E-state index < -0.39 is 0 Å². The van der Waals surface area contributed by atoms with E-state index in [4.69, 9.17) is 4.74 Å². The van der Waals surface area contributed by atoms with Gasteiger partial charge in [-0.25, -0.2) is 5.43 Å². The van der Waals surface area contributed by atoms with Gasteiger partial charge in [-0.2, -0.15) is 15.3 Å². The summed E-state index contributed by atoms with van der Waals surface area (Å²) in [6, 6.07) is 13.3. The van der Waals surface area contributed by atoms with Crippen LogP contribution in [0, 0.1) is 0 Å². The highest BCUT2D eigenvalue weighted by molar-refractivity contribution is 6.09. The van der Waals surface area contributed by atoms with Gasteiger partial charge in [0.1, 0.15) is 5.75 Å². The Balaban J connectivity index is 1.66. The molecule has 4 rings (SSSR count). The quantitative estimate of drug-likeness (QED) is 0.474. The number of aromatic nitrogens is 1. The van der Waals surface area contributed by atoms with Crippen LogP contribution < -0.4 is 10.2 Å². The lowest BCUT2D eigenvalue weighted by atomic mass is 10.0. The zero-order chi connectivity index (χ0) is 21.8. The number of aromatic hydroxyl groups is 1. The normalized spacial score (nSPS) is 14.4. The Morgan fingerprint density at radius 2 is 1.94 bits per heavy atom. The number of fused-ring (bicyclic) bond motifs is 1. The van der Waals surface area contributed by atoms with Gasteiger partial charge in [-0.1, -0.05) is 6.07 Å². The Labute approximate surface area is 179 Å². The van der Waals surface area contributed by atoms with E-state index in [1.165, 1.54) is 0 Å². The SMILES string of the molecule is CCn1c(O)c(/C=N/N=C\c2ccc(OC)cc2)c2cc(C3=NNC(=O)CC3)ccc21. The van der Waals surface area contributed by atoms with Gasteiger partial charge in [0.2, 0.25) is 11.8 Å². The van der Waals surface area contributed by atoms with Crippen LogP contribution >= 0.6 is 0 Å². The standard InChI is InChI=1S/C23H23N5O3/c1-3-28-21-10-6-16(20-9-11-22(29)27-26-20)12-18(21)19(23(28)30)14-25-24-13-15-4-7-17(31-2)8-5-15/h4-8,10,12-14,30H,3,9,11H2,1-2H3,(H,27,29)/b24-13-,25-14+. The number of rotatable bonds is 6. The number of hydrogen-bond donors (Lipinski definition) is 2. The van der Waals surface area contributed by atoms with Crippen molar-refractivity contribution in [2.24, 2.45) is 15.3 Å². The Bertz CT molecular complexity index is 1210. The fraction of sp³-hybridized carbons (Fsp3) is 0.217. The van der Waals surface area contributed by atoms with Gasteiger partial charge < -0.3 is 14.4 Å². The van der Waals surface area contributed by atoms with Gasteiger partial charge in [0.15, 0.2) is 0 Å². The Hall–Kier alpha value is -3.94. The molecule has 0 fully saturated rings. The number of nitrogens with zero attached hydrogens (tertiary/aromatic N) is 4. The maximum atomic E-state index is 11.4. The van der Waals surface area contributed by atoms with E-state index in [1.54, 1.807) is 19.5 Å². The molecule has 8 nitrogen and oxygen atoms in total. The van der Waals surface area contributed by atoms with E-state index >= 15 is 0 Å². The maximum Gasteiger partial charge on any atom is 0.240 e. The number of aryl methyl sites for hydroxylation is 1. The number of benzene rings is 2. The summed E-state index contributed by atoms with van der Waals surface area (Å²) in [5.74, 6) is 0.829. The zero-order valence-electron chi connectivity index (χ0n) is 17.4. The van der Waals surface area contributed by atoms with E-state index in [0.29, 0.717) is 24.9 Å². The summed E-state index contributed by atoms with van der Waals surface area (Å²) in [7, 11) is 1.62. The van der Waals surface area contributed by atoms with E-state index in [2.05, 4.69) is 20.7 Å². The van der Waals surface area contributed by atoms with Gasteiger partial charge in [-0.05, 0) is 54.4 Å². The summed E-state index contributed by atoms with van der Waals surface area (Å²) < 4.78 is 6.96. The van der Waals surface area contributed by atoms with Gasteiger partial charge in [0.25, 0.3) is 0 Å². The minimum Gasteiger partial charge on any atom is -0.497 e. The van der Waals surface area contributed by atoms with Gasteiger partial charge >= 0.3 is 0 Å². The van der Waals surface area contributed by atoms with Crippen molar-refractivity contribution in [1.29, 1.82) is 0 Å². The van der Waals surface area contributed by atoms with Crippen molar-refractivity contribution in [1.82, 2.24) is 9.99 Å². The molecule has 0 saturated carbocycles. The number of methoxy groups -OCH3 is 1. The summed E-state index contributed by atoms with van der Waals surface area (Å²) in [6.45, 7) is 2.58. The van der Waals surface area contributed by atoms with E-state index in [0.717, 1.165) is 33.5 Å². The first kappa shape index (κ1) is 20.3. The summed E-state index contributed by atoms with van der Waals surface area (Å²) in [4.78, 5) is 11.4. The molecular formula is C23H23N5O3. The molecule has 2 N–H and O–H groups in total. The molecule has 0 bridgehead atoms. The second-order valence-corrected chi connectivity index (χ2v) is 7.07. The van der Waals surface area contributed by atoms with Crippen LogP contribution in [0.15, 0.2) is 57.8 Å². The first-order valence-electron chi connectivity index (χ1n) is 10.0. The summed E-state index contributed by atoms with van der Waals surface area (Å²) >= 11 is 0. The third-order valence-corrected chi connectivity index (χ3v) is 5.20. The largest absolute Gasteiger partial charge is 0.497 e. The van der Waals surface area contributed by atoms with Gasteiger partial charge in [0, 0.05) is 24.8 Å². The van der Waals surface area contributed by atoms with Crippen LogP contribution in [0.4, 0.5) is 0 Å². The van der Waals surface area contributed by atoms with Crippen LogP contribution in [0.3, 0.4) is 0 Å². The molecule has 0 spiro atoms. The van der Waals surface area contributed by atoms with Crippen LogP contribution in [0.2, 0.25) is 0 Å². The van der Waals surface area contributed by atoms with Crippen LogP contribution in [0.5, 0.6) is 11.6 Å². The fourth-order valence-corrected chi connectivity index (χ4v) is 3.56. The number of ether oxygens (including phenoxy) is 1. The molecule has 0 saturated heterocycles. The number of carbonyl (C=O) groups is 1. The predicted molar refractivity (Wildman–Crippen MR) is 121 cm³/mol. The molecule has 0 unspecified atom stereocenters. The number of carbonyl (C=O) groups excluding carboxylic acids is 1. The molecule has 0 aliphatic carbocycles. The lowest BCUT2D eigenvalue weighted by Gasteiger charge is -2.12. The smallest absolute Gasteiger partial charge is 0.240 e. The monoisotopic (exact) mass is 417 g/mol. The third kappa shape index (κ3) is 4.18. The molecular weight excluding hydrogens is 394 g/mol. The topological polar surface area (TPSA) is 101 Å². The molecule has 1 amide bonds. The number of nitrogens with one attached hydrogen (secondary N) is 1. The van der Waals surface area contributed by atoms with Crippen molar-refractivity contribution < 1.29 is 14.6 Å². The average Bonchev–Trinajstić information content (AvgIpc) is 3.07. The molecule has 1 aromatic heterocycles. The van der Waals surface area contributed by atoms with Crippen molar-refractivity contribution in [3.63, 3.8) is 0 Å². The van der Waals surface area contributed by atoms with Crippen LogP contribution in [0.1, 0.15) is 36.5 Å². The van der Waals surface area contributed by atoms with Crippen molar-refractivity contribution in [3.8, 4) is 11.6 Å². The Kier molecular flexibility index (Phi) is 5.79. The highest BCUT2D eigenvalue weighted by atomic mass is 16.5. The molecule has 0 radical (unpaired) electrons. The molecule has 1 aliphatic heterocycles. The second-order valence-electron chi connectivity index (χ2n) is 7.07. The van der Waals surface area contributed by atoms with E-state index in [9.17, 15) is 9.90 Å². The first-order valence-corrected chi connectivity index (χ1v) is 10.0. The lowest BCUT2D eigenvalue weighted by molar-refractivity contribution is -0.121. The van der Waals surface area contributed by atoms with E-state index in [-0.39, 0.29) is 11.8 Å². The van der Waals surface area contributed by atoms with Crippen LogP contribution in [-0.2, 0) is 11.3 Å². The second kappa shape index (κ2) is 8.83. The van der Waals surface area contributed by atoms with Crippen molar-refractivity contribution >= 4 is 35.0 Å². The van der Waals surface area contributed by atoms with Crippen molar-refractivity contribution in [2.75, 3.05) is 7.11 Å². The van der Waals surface area contributed by atoms with Gasteiger partial charge in [-0.3, -0.25) is 4.79 Å². The van der Waals surface area contributed by atoms with Crippen molar-refractivity contribution in [3.05, 3.63) is 59.2 Å². The van der Waals surface area contributed by atoms with Gasteiger partial charge in [0.05, 0.1) is 36.3 Å². The average molecular weight is 417 g/mol. The Morgan fingerprint density at radius 3 is 2.61 bits per heavy atom. The van der Waals surface area contributed by atoms with Gasteiger partial charge in [-0.15, -0.1) is 0 Å². The lowest BCUT2D eigenvalue weighted by Crippen LogP contribution is -2.25. The number of hydrogen-bond acceptors (Lipinski definition) is 6. The minimum absolute atomic E-state index is 0.0813. The molecule has 2 heterocycles. The van der Waals surface area contributed by atoms with E-state index in [1.807, 2.05) is 54.0 Å². The molecule has 0 atom stereocenters. The summed E-state index contributed by atoms with van der Waals surface area (Å²) in [5.41, 5.74) is 6.61. The molecule has 8 heteroatoms. The Morgan fingerprint density at radius 1 is 1.16 bits per heavy atom. The summed E-state index contributed by atoms with van der Waals surface area (Å²) in [6.07, 6.45) is 4.18. The molecule has 31 heavy (non-hydrogen) atoms. The third-order valence-electron chi connectivity index (χ3n) is 5.20. The first-order chi connectivity index (χ1) is 15.1. The summed E-state index contributed by atoms with van der Waals surface area (Å²) in [5, 5.41) is 24.0. The zero-order valence-corrected chi connectivity index (χ0v) is 17.4. The highest BCUT2D eigenvalue weighted by Crippen LogP contribution is 2.31. The number of amides is 1. The molecule has 158 valence electrons. The highest BCUT2D eigenvalue weighted by Gasteiger charge is 2.18. The van der Waals surface area contributed by atoms with Crippen LogP contribution in [0.25, 0.3) is 10.9 Å². The maximum absolute atomic E-state index is 11.4.